The number of hydrogen-bond acceptors (Lipinski definition) is 3. The van der Waals surface area contributed by atoms with Crippen molar-refractivity contribution in [2.24, 2.45) is 0 Å². The molecule has 13 rings (SSSR count). The summed E-state index contributed by atoms with van der Waals surface area (Å²) in [4.78, 5) is 15.4. The smallest absolute Gasteiger partial charge is 0.238 e. The van der Waals surface area contributed by atoms with Gasteiger partial charge in [0.05, 0.1) is 35.8 Å². The minimum absolute atomic E-state index is 0.0227. The highest BCUT2D eigenvalue weighted by Crippen LogP contribution is 2.43. The van der Waals surface area contributed by atoms with Crippen molar-refractivity contribution in [2.75, 3.05) is 0 Å². The highest BCUT2D eigenvalue weighted by Gasteiger charge is 2.24. The Morgan fingerprint density at radius 1 is 0.339 bits per heavy atom. The Morgan fingerprint density at radius 2 is 0.871 bits per heavy atom. The summed E-state index contributed by atoms with van der Waals surface area (Å²) in [5, 5.41) is 3.71. The molecule has 0 N–H and O–H groups in total. The highest BCUT2D eigenvalue weighted by atomic mass is 15.2. The lowest BCUT2D eigenvalue weighted by molar-refractivity contribution is 0.953. The third kappa shape index (κ3) is 5.18. The fourth-order valence-electron chi connectivity index (χ4n) is 9.04. The topological polar surface area (TPSA) is 48.5 Å². The van der Waals surface area contributed by atoms with Gasteiger partial charge in [-0.25, -0.2) is 4.98 Å². The van der Waals surface area contributed by atoms with E-state index in [9.17, 15) is 5.48 Å². The maximum atomic E-state index is 9.96. The van der Waals surface area contributed by atoms with Crippen molar-refractivity contribution in [3.05, 3.63) is 212 Å². The quantitative estimate of drug-likeness (QED) is 0.163. The van der Waals surface area contributed by atoms with E-state index in [1.807, 2.05) is 109 Å². The van der Waals surface area contributed by atoms with Gasteiger partial charge in [0.15, 0.2) is 11.6 Å². The zero-order valence-electron chi connectivity index (χ0n) is 42.7. The first-order valence-electron chi connectivity index (χ1n) is 25.2. The van der Waals surface area contributed by atoms with Crippen LogP contribution in [-0.2, 0) is 0 Å². The Bertz CT molecular complexity index is 4430. The molecule has 0 saturated heterocycles. The summed E-state index contributed by atoms with van der Waals surface area (Å²) >= 11 is 0. The Hall–Kier alpha value is -8.41. The summed E-state index contributed by atoms with van der Waals surface area (Å²) in [6.45, 7) is 0. The molecule has 13 aromatic rings. The van der Waals surface area contributed by atoms with Gasteiger partial charge in [-0.1, -0.05) is 182 Å². The van der Waals surface area contributed by atoms with Crippen LogP contribution >= 0.6 is 0 Å². The summed E-state index contributed by atoms with van der Waals surface area (Å²) in [5.74, 6) is 1.42. The van der Waals surface area contributed by atoms with Crippen LogP contribution in [0.25, 0.3) is 121 Å². The molecular formula is C57H35N5. The van der Waals surface area contributed by atoms with Crippen LogP contribution < -0.4 is 0 Å². The van der Waals surface area contributed by atoms with E-state index in [0.29, 0.717) is 28.8 Å². The third-order valence-corrected chi connectivity index (χ3v) is 11.8. The number of aromatic nitrogens is 5. The second-order valence-corrected chi connectivity index (χ2v) is 15.2. The van der Waals surface area contributed by atoms with E-state index >= 15 is 0 Å². The Labute approximate surface area is 370 Å². The van der Waals surface area contributed by atoms with Crippen molar-refractivity contribution in [1.82, 2.24) is 24.1 Å². The van der Waals surface area contributed by atoms with Crippen LogP contribution in [0.1, 0.15) is 13.7 Å². The molecule has 5 nitrogen and oxygen atoms in total. The first kappa shape index (κ1) is 25.9. The van der Waals surface area contributed by atoms with Crippen molar-refractivity contribution in [3.8, 4) is 45.5 Å². The molecule has 0 amide bonds. The molecule has 5 heteroatoms. The van der Waals surface area contributed by atoms with Crippen LogP contribution in [0.15, 0.2) is 212 Å². The third-order valence-electron chi connectivity index (χ3n) is 11.8. The Kier molecular flexibility index (Phi) is 5.67. The maximum Gasteiger partial charge on any atom is 0.238 e. The van der Waals surface area contributed by atoms with Crippen LogP contribution in [0.3, 0.4) is 0 Å². The summed E-state index contributed by atoms with van der Waals surface area (Å²) in [5.41, 5.74) is 6.16. The first-order chi connectivity index (χ1) is 34.9. The second kappa shape index (κ2) is 13.6. The number of benzene rings is 10. The van der Waals surface area contributed by atoms with Crippen molar-refractivity contribution in [2.45, 2.75) is 0 Å². The van der Waals surface area contributed by atoms with E-state index < -0.39 is 36.3 Å². The van der Waals surface area contributed by atoms with Gasteiger partial charge in [-0.3, -0.25) is 4.57 Å². The molecule has 0 spiro atoms. The molecule has 0 aliphatic heterocycles. The Balaban J connectivity index is 1.13. The van der Waals surface area contributed by atoms with Gasteiger partial charge in [0, 0.05) is 38.4 Å². The monoisotopic (exact) mass is 799 g/mol. The van der Waals surface area contributed by atoms with Crippen molar-refractivity contribution in [1.29, 1.82) is 0 Å². The predicted octanol–water partition coefficient (Wildman–Crippen LogP) is 14.5. The number of nitrogens with zero attached hydrogens (tertiary/aromatic N) is 5. The normalized spacial score (nSPS) is 14.1. The molecule has 0 saturated carbocycles. The Morgan fingerprint density at radius 3 is 1.53 bits per heavy atom. The van der Waals surface area contributed by atoms with Crippen LogP contribution in [0, 0.1) is 0 Å². The summed E-state index contributed by atoms with van der Waals surface area (Å²) in [6.07, 6.45) is 0. The van der Waals surface area contributed by atoms with Crippen molar-refractivity contribution in [3.63, 3.8) is 0 Å². The van der Waals surface area contributed by atoms with Crippen LogP contribution in [0.5, 0.6) is 0 Å². The van der Waals surface area contributed by atoms with Gasteiger partial charge in [0.2, 0.25) is 5.95 Å². The number of para-hydroxylation sites is 2. The summed E-state index contributed by atoms with van der Waals surface area (Å²) < 4.78 is 95.0. The molecule has 10 aromatic carbocycles. The molecule has 0 bridgehead atoms. The van der Waals surface area contributed by atoms with Gasteiger partial charge in [0.1, 0.15) is 0 Å². The molecular weight excluding hydrogens is 755 g/mol. The van der Waals surface area contributed by atoms with Gasteiger partial charge >= 0.3 is 0 Å². The standard InChI is InChI=1S/C57H35N5/c1-3-16-36(17-4-1)55-58-56(37-18-5-2-6-19-37)60-57(59-55)62-52-29-14-12-27-47(52)49-33-32-48-46-26-11-13-28-51(46)61(53(48)54(49)62)40-21-15-20-38(34-40)39-30-31-45-43-24-8-7-22-41(43)42-23-9-10-25-44(42)50(45)35-39/h1-35H/i7D,8D,9D,10D,23D,24D,25D,30D,31D,35D. The SMILES string of the molecule is [2H]c1cc2c3c([2H])c([2H])c([2H])c([2H])c3c3c([2H])c(-c4cccc(-n5c6ccccc6c6ccc7c8ccccc8n(-c8nc(-c9ccccc9)nc(-c9ccccc9)n8)c7c65)c4)c([2H])c([2H])c3c2c([2H])c1[2H]. The molecule has 0 unspecified atom stereocenters. The van der Waals surface area contributed by atoms with Gasteiger partial charge in [-0.05, 0) is 73.8 Å². The predicted molar refractivity (Wildman–Crippen MR) is 257 cm³/mol. The molecule has 288 valence electrons. The van der Waals surface area contributed by atoms with E-state index in [0.717, 1.165) is 54.7 Å². The second-order valence-electron chi connectivity index (χ2n) is 15.2. The van der Waals surface area contributed by atoms with Crippen molar-refractivity contribution >= 4 is 75.9 Å². The lowest BCUT2D eigenvalue weighted by Gasteiger charge is -2.15. The van der Waals surface area contributed by atoms with Crippen LogP contribution in [-0.4, -0.2) is 24.1 Å². The van der Waals surface area contributed by atoms with Gasteiger partial charge in [0.25, 0.3) is 0 Å². The molecule has 3 heterocycles. The molecule has 0 fully saturated rings. The molecule has 0 radical (unpaired) electrons. The average molecular weight is 800 g/mol. The minimum Gasteiger partial charge on any atom is -0.307 e. The van der Waals surface area contributed by atoms with Crippen LogP contribution in [0.2, 0.25) is 0 Å². The van der Waals surface area contributed by atoms with Gasteiger partial charge in [-0.15, -0.1) is 0 Å². The largest absolute Gasteiger partial charge is 0.307 e. The molecule has 0 aliphatic rings. The molecule has 0 atom stereocenters. The lowest BCUT2D eigenvalue weighted by Crippen LogP contribution is -2.07. The van der Waals surface area contributed by atoms with Crippen molar-refractivity contribution < 1.29 is 13.7 Å². The number of fused-ring (bicyclic) bond motifs is 13. The van der Waals surface area contributed by atoms with E-state index in [1.54, 1.807) is 6.07 Å². The maximum absolute atomic E-state index is 9.96. The fraction of sp³-hybridized carbons (Fsp3) is 0. The number of hydrogen-bond donors (Lipinski definition) is 0. The highest BCUT2D eigenvalue weighted by molar-refractivity contribution is 6.26. The fourth-order valence-corrected chi connectivity index (χ4v) is 9.04. The lowest BCUT2D eigenvalue weighted by atomic mass is 9.92. The summed E-state index contributed by atoms with van der Waals surface area (Å²) in [6, 6.07) is 44.6. The summed E-state index contributed by atoms with van der Waals surface area (Å²) in [7, 11) is 0. The molecule has 3 aromatic heterocycles. The average Bonchev–Trinajstić information content (AvgIpc) is 3.94. The van der Waals surface area contributed by atoms with Gasteiger partial charge < -0.3 is 4.57 Å². The molecule has 62 heavy (non-hydrogen) atoms. The van der Waals surface area contributed by atoms with Crippen LogP contribution in [0.4, 0.5) is 0 Å². The zero-order chi connectivity index (χ0) is 49.4. The number of rotatable bonds is 5. The first-order valence-corrected chi connectivity index (χ1v) is 20.2. The minimum atomic E-state index is -0.549. The van der Waals surface area contributed by atoms with E-state index in [4.69, 9.17) is 23.2 Å². The molecule has 0 aliphatic carbocycles. The van der Waals surface area contributed by atoms with E-state index in [2.05, 4.69) is 39.5 Å². The van der Waals surface area contributed by atoms with Gasteiger partial charge in [-0.2, -0.15) is 9.97 Å². The zero-order valence-corrected chi connectivity index (χ0v) is 32.7. The van der Waals surface area contributed by atoms with E-state index in [1.165, 1.54) is 6.07 Å². The van der Waals surface area contributed by atoms with E-state index in [-0.39, 0.29) is 62.1 Å².